The van der Waals surface area contributed by atoms with Crippen LogP contribution in [0.2, 0.25) is 0 Å². The SMILES string of the molecule is O=C(c1nnc(CCNS(=O)[O-])o1)c1nc2ccc(-c3ccccc3)cc2s1. The van der Waals surface area contributed by atoms with E-state index in [2.05, 4.69) is 19.9 Å². The topological polar surface area (TPSA) is 121 Å². The van der Waals surface area contributed by atoms with Crippen molar-refractivity contribution in [2.75, 3.05) is 6.54 Å². The minimum absolute atomic E-state index is 0.106. The van der Waals surface area contributed by atoms with Gasteiger partial charge in [0.2, 0.25) is 5.89 Å². The molecule has 2 aromatic heterocycles. The lowest BCUT2D eigenvalue weighted by Gasteiger charge is -2.03. The van der Waals surface area contributed by atoms with Crippen molar-refractivity contribution in [3.8, 4) is 11.1 Å². The molecule has 0 saturated carbocycles. The molecule has 0 bridgehead atoms. The molecule has 0 aliphatic heterocycles. The average Bonchev–Trinajstić information content (AvgIpc) is 3.34. The Morgan fingerprint density at radius 1 is 1.14 bits per heavy atom. The molecule has 0 spiro atoms. The molecule has 4 rings (SSSR count). The molecule has 2 aromatic carbocycles. The Labute approximate surface area is 166 Å². The van der Waals surface area contributed by atoms with Gasteiger partial charge in [-0.3, -0.25) is 9.00 Å². The summed E-state index contributed by atoms with van der Waals surface area (Å²) < 4.78 is 29.3. The first-order valence-electron chi connectivity index (χ1n) is 8.26. The average molecular weight is 413 g/mol. The quantitative estimate of drug-likeness (QED) is 0.365. The van der Waals surface area contributed by atoms with Crippen LogP contribution in [0.25, 0.3) is 21.3 Å². The van der Waals surface area contributed by atoms with E-state index in [1.165, 1.54) is 11.3 Å². The van der Waals surface area contributed by atoms with Gasteiger partial charge in [0.1, 0.15) is 0 Å². The van der Waals surface area contributed by atoms with Crippen LogP contribution in [0.3, 0.4) is 0 Å². The number of rotatable bonds is 7. The molecule has 4 aromatic rings. The lowest BCUT2D eigenvalue weighted by atomic mass is 10.1. The van der Waals surface area contributed by atoms with Crippen LogP contribution in [0.4, 0.5) is 0 Å². The molecule has 2 heterocycles. The summed E-state index contributed by atoms with van der Waals surface area (Å²) in [4.78, 5) is 17.0. The number of nitrogens with one attached hydrogen (secondary N) is 1. The largest absolute Gasteiger partial charge is 0.760 e. The van der Waals surface area contributed by atoms with Crippen LogP contribution in [-0.4, -0.2) is 36.3 Å². The standard InChI is InChI=1S/C18H14N4O4S2/c23-16(17-22-21-15(26-17)8-9-19-28(24)25)18-20-13-7-6-12(10-14(13)27-18)11-4-2-1-3-5-11/h1-7,10,19H,8-9H2,(H,24,25)/p-1. The first kappa shape index (κ1) is 18.6. The number of ketones is 1. The molecule has 0 amide bonds. The Balaban J connectivity index is 1.55. The van der Waals surface area contributed by atoms with Crippen molar-refractivity contribution in [2.24, 2.45) is 0 Å². The van der Waals surface area contributed by atoms with E-state index in [0.29, 0.717) is 0 Å². The molecule has 1 unspecified atom stereocenters. The fraction of sp³-hybridized carbons (Fsp3) is 0.111. The van der Waals surface area contributed by atoms with Gasteiger partial charge in [-0.1, -0.05) is 36.4 Å². The number of fused-ring (bicyclic) bond motifs is 1. The van der Waals surface area contributed by atoms with Crippen LogP contribution < -0.4 is 4.72 Å². The van der Waals surface area contributed by atoms with Gasteiger partial charge in [0.25, 0.3) is 11.7 Å². The zero-order chi connectivity index (χ0) is 19.5. The van der Waals surface area contributed by atoms with Crippen molar-refractivity contribution in [3.05, 3.63) is 65.3 Å². The zero-order valence-corrected chi connectivity index (χ0v) is 16.0. The highest BCUT2D eigenvalue weighted by Crippen LogP contribution is 2.29. The number of thiazole rings is 1. The van der Waals surface area contributed by atoms with Crippen molar-refractivity contribution in [2.45, 2.75) is 6.42 Å². The third-order valence-electron chi connectivity index (χ3n) is 3.91. The maximum atomic E-state index is 12.6. The third-order valence-corrected chi connectivity index (χ3v) is 5.37. The number of nitrogens with zero attached hydrogens (tertiary/aromatic N) is 3. The molecule has 0 aliphatic carbocycles. The molecule has 10 heteroatoms. The minimum atomic E-state index is -2.36. The van der Waals surface area contributed by atoms with E-state index >= 15 is 0 Å². The summed E-state index contributed by atoms with van der Waals surface area (Å²) in [5.41, 5.74) is 2.84. The van der Waals surface area contributed by atoms with E-state index in [1.54, 1.807) is 0 Å². The maximum absolute atomic E-state index is 12.6. The Bertz CT molecular complexity index is 1160. The first-order chi connectivity index (χ1) is 13.6. The van der Waals surface area contributed by atoms with Gasteiger partial charge in [-0.2, -0.15) is 0 Å². The molecule has 28 heavy (non-hydrogen) atoms. The molecule has 8 nitrogen and oxygen atoms in total. The summed E-state index contributed by atoms with van der Waals surface area (Å²) in [6, 6.07) is 15.8. The van der Waals surface area contributed by atoms with Gasteiger partial charge in [0.05, 0.1) is 10.2 Å². The second kappa shape index (κ2) is 8.07. The molecule has 0 aliphatic rings. The van der Waals surface area contributed by atoms with Crippen LogP contribution in [0.1, 0.15) is 21.6 Å². The van der Waals surface area contributed by atoms with Gasteiger partial charge < -0.3 is 8.97 Å². The number of benzene rings is 2. The van der Waals surface area contributed by atoms with Crippen molar-refractivity contribution in [3.63, 3.8) is 0 Å². The van der Waals surface area contributed by atoms with E-state index in [9.17, 15) is 13.6 Å². The predicted molar refractivity (Wildman–Crippen MR) is 103 cm³/mol. The number of carbonyl (C=O) groups is 1. The maximum Gasteiger partial charge on any atom is 0.291 e. The summed E-state index contributed by atoms with van der Waals surface area (Å²) in [5.74, 6) is -0.448. The van der Waals surface area contributed by atoms with E-state index in [0.717, 1.165) is 21.3 Å². The van der Waals surface area contributed by atoms with Crippen LogP contribution in [0, 0.1) is 0 Å². The number of aromatic nitrogens is 3. The molecule has 0 saturated heterocycles. The highest BCUT2D eigenvalue weighted by Gasteiger charge is 2.21. The Hall–Kier alpha value is -2.79. The van der Waals surface area contributed by atoms with Crippen LogP contribution >= 0.6 is 11.3 Å². The monoisotopic (exact) mass is 413 g/mol. The summed E-state index contributed by atoms with van der Waals surface area (Å²) in [6.45, 7) is 0.106. The summed E-state index contributed by atoms with van der Waals surface area (Å²) >= 11 is -1.10. The van der Waals surface area contributed by atoms with Gasteiger partial charge >= 0.3 is 0 Å². The Kier molecular flexibility index (Phi) is 5.35. The van der Waals surface area contributed by atoms with Crippen molar-refractivity contribution in [1.29, 1.82) is 0 Å². The van der Waals surface area contributed by atoms with Crippen LogP contribution in [0.15, 0.2) is 52.9 Å². The predicted octanol–water partition coefficient (Wildman–Crippen LogP) is 2.50. The molecule has 1 N–H and O–H groups in total. The van der Waals surface area contributed by atoms with Gasteiger partial charge in [-0.25, -0.2) is 9.71 Å². The Morgan fingerprint density at radius 3 is 2.75 bits per heavy atom. The van der Waals surface area contributed by atoms with Gasteiger partial charge in [-0.15, -0.1) is 21.5 Å². The highest BCUT2D eigenvalue weighted by molar-refractivity contribution is 7.77. The van der Waals surface area contributed by atoms with Crippen LogP contribution in [-0.2, 0) is 17.7 Å². The minimum Gasteiger partial charge on any atom is -0.760 e. The second-order valence-corrected chi connectivity index (χ2v) is 7.57. The smallest absolute Gasteiger partial charge is 0.291 e. The van der Waals surface area contributed by atoms with E-state index in [-0.39, 0.29) is 29.8 Å². The normalized spacial score (nSPS) is 12.3. The van der Waals surface area contributed by atoms with Crippen molar-refractivity contribution < 1.29 is 18.0 Å². The van der Waals surface area contributed by atoms with E-state index in [4.69, 9.17) is 4.42 Å². The first-order valence-corrected chi connectivity index (χ1v) is 10.1. The highest BCUT2D eigenvalue weighted by atomic mass is 32.2. The van der Waals surface area contributed by atoms with Gasteiger partial charge in [0.15, 0.2) is 5.01 Å². The summed E-state index contributed by atoms with van der Waals surface area (Å²) in [6.07, 6.45) is 0.189. The van der Waals surface area contributed by atoms with E-state index < -0.39 is 17.0 Å². The molecular weight excluding hydrogens is 400 g/mol. The molecule has 1 atom stereocenters. The number of hydrogen-bond acceptors (Lipinski definition) is 8. The zero-order valence-electron chi connectivity index (χ0n) is 14.3. The lowest BCUT2D eigenvalue weighted by Crippen LogP contribution is -2.19. The van der Waals surface area contributed by atoms with Crippen molar-refractivity contribution in [1.82, 2.24) is 19.9 Å². The van der Waals surface area contributed by atoms with Crippen LogP contribution in [0.5, 0.6) is 0 Å². The third kappa shape index (κ3) is 4.04. The molecule has 142 valence electrons. The number of carbonyl (C=O) groups excluding carboxylic acids is 1. The van der Waals surface area contributed by atoms with Gasteiger partial charge in [-0.05, 0) is 23.3 Å². The number of hydrogen-bond donors (Lipinski definition) is 1. The molecule has 0 fully saturated rings. The van der Waals surface area contributed by atoms with Gasteiger partial charge in [0, 0.05) is 24.2 Å². The van der Waals surface area contributed by atoms with E-state index in [1.807, 2.05) is 48.5 Å². The summed E-state index contributed by atoms with van der Waals surface area (Å²) in [5, 5.41) is 7.77. The van der Waals surface area contributed by atoms with Crippen molar-refractivity contribution >= 4 is 38.6 Å². The Morgan fingerprint density at radius 2 is 1.96 bits per heavy atom. The second-order valence-electron chi connectivity index (χ2n) is 5.78. The molecular formula is C18H13N4O4S2-. The summed E-state index contributed by atoms with van der Waals surface area (Å²) in [7, 11) is 0. The fourth-order valence-corrected chi connectivity index (χ4v) is 3.82. The fourth-order valence-electron chi connectivity index (χ4n) is 2.61. The molecule has 0 radical (unpaired) electrons. The lowest BCUT2D eigenvalue weighted by molar-refractivity contribution is 0.100.